The van der Waals surface area contributed by atoms with Crippen molar-refractivity contribution in [2.75, 3.05) is 6.61 Å². The monoisotopic (exact) mass is 455 g/mol. The van der Waals surface area contributed by atoms with E-state index in [1.54, 1.807) is 35.6 Å². The lowest BCUT2D eigenvalue weighted by atomic mass is 9.99. The van der Waals surface area contributed by atoms with Crippen molar-refractivity contribution in [1.82, 2.24) is 5.32 Å². The minimum absolute atomic E-state index is 0.119. The van der Waals surface area contributed by atoms with Gasteiger partial charge in [0.1, 0.15) is 0 Å². The SMILES string of the molecule is C[C@H](NC(=O)c1c(Cc2cccc(Cl)c2)sc2c1CCOC2)c1ccc(C(=O)O)cc1. The van der Waals surface area contributed by atoms with E-state index in [0.29, 0.717) is 31.1 Å². The number of nitrogens with one attached hydrogen (secondary N) is 1. The molecule has 1 aromatic heterocycles. The summed E-state index contributed by atoms with van der Waals surface area (Å²) in [5.74, 6) is -1.09. The normalized spacial score (nSPS) is 14.0. The summed E-state index contributed by atoms with van der Waals surface area (Å²) in [6.07, 6.45) is 1.34. The van der Waals surface area contributed by atoms with Crippen LogP contribution in [-0.4, -0.2) is 23.6 Å². The average Bonchev–Trinajstić information content (AvgIpc) is 3.11. The number of hydrogen-bond donors (Lipinski definition) is 2. The van der Waals surface area contributed by atoms with Gasteiger partial charge < -0.3 is 15.2 Å². The van der Waals surface area contributed by atoms with Crippen LogP contribution in [0, 0.1) is 0 Å². The van der Waals surface area contributed by atoms with Crippen molar-refractivity contribution in [1.29, 1.82) is 0 Å². The van der Waals surface area contributed by atoms with Gasteiger partial charge in [0.15, 0.2) is 0 Å². The Morgan fingerprint density at radius 2 is 2.00 bits per heavy atom. The molecule has 0 aliphatic carbocycles. The van der Waals surface area contributed by atoms with Crippen LogP contribution in [0.25, 0.3) is 0 Å². The number of thiophene rings is 1. The van der Waals surface area contributed by atoms with E-state index in [9.17, 15) is 9.59 Å². The minimum atomic E-state index is -0.971. The molecule has 0 saturated heterocycles. The van der Waals surface area contributed by atoms with Gasteiger partial charge in [-0.1, -0.05) is 35.9 Å². The van der Waals surface area contributed by atoms with Crippen molar-refractivity contribution in [3.8, 4) is 0 Å². The van der Waals surface area contributed by atoms with Crippen LogP contribution in [-0.2, 0) is 24.2 Å². The van der Waals surface area contributed by atoms with E-state index in [1.807, 2.05) is 31.2 Å². The molecule has 0 spiro atoms. The van der Waals surface area contributed by atoms with Gasteiger partial charge in [0, 0.05) is 21.2 Å². The molecule has 0 fully saturated rings. The molecular formula is C24H22ClNO4S. The molecule has 2 heterocycles. The molecule has 1 aliphatic heterocycles. The second kappa shape index (κ2) is 9.22. The lowest BCUT2D eigenvalue weighted by molar-refractivity contribution is 0.0696. The quantitative estimate of drug-likeness (QED) is 0.532. The Hall–Kier alpha value is -2.67. The topological polar surface area (TPSA) is 75.6 Å². The third kappa shape index (κ3) is 4.82. The van der Waals surface area contributed by atoms with Crippen LogP contribution in [0.15, 0.2) is 48.5 Å². The summed E-state index contributed by atoms with van der Waals surface area (Å²) < 4.78 is 5.60. The number of carbonyl (C=O) groups excluding carboxylic acids is 1. The minimum Gasteiger partial charge on any atom is -0.478 e. The fourth-order valence-corrected chi connectivity index (χ4v) is 5.31. The summed E-state index contributed by atoms with van der Waals surface area (Å²) in [6.45, 7) is 3.03. The Morgan fingerprint density at radius 3 is 2.71 bits per heavy atom. The largest absolute Gasteiger partial charge is 0.478 e. The third-order valence-corrected chi connectivity index (χ3v) is 6.82. The first kappa shape index (κ1) is 21.6. The molecular weight excluding hydrogens is 434 g/mol. The van der Waals surface area contributed by atoms with Crippen LogP contribution in [0.5, 0.6) is 0 Å². The maximum atomic E-state index is 13.3. The summed E-state index contributed by atoms with van der Waals surface area (Å²) in [5, 5.41) is 12.8. The maximum Gasteiger partial charge on any atom is 0.335 e. The molecule has 1 aliphatic rings. The van der Waals surface area contributed by atoms with Gasteiger partial charge in [0.25, 0.3) is 5.91 Å². The number of amides is 1. The number of benzene rings is 2. The summed E-state index contributed by atoms with van der Waals surface area (Å²) in [6, 6.07) is 14.0. The first-order valence-electron chi connectivity index (χ1n) is 10.0. The van der Waals surface area contributed by atoms with Crippen molar-refractivity contribution in [3.63, 3.8) is 0 Å². The number of hydrogen-bond acceptors (Lipinski definition) is 4. The van der Waals surface area contributed by atoms with E-state index in [2.05, 4.69) is 5.32 Å². The van der Waals surface area contributed by atoms with Crippen molar-refractivity contribution in [2.24, 2.45) is 0 Å². The molecule has 0 radical (unpaired) electrons. The Kier molecular flexibility index (Phi) is 6.41. The van der Waals surface area contributed by atoms with Crippen LogP contribution in [0.4, 0.5) is 0 Å². The van der Waals surface area contributed by atoms with Crippen molar-refractivity contribution >= 4 is 34.8 Å². The average molecular weight is 456 g/mol. The van der Waals surface area contributed by atoms with Gasteiger partial charge in [-0.2, -0.15) is 0 Å². The highest BCUT2D eigenvalue weighted by Crippen LogP contribution is 2.34. The van der Waals surface area contributed by atoms with Crippen LogP contribution in [0.2, 0.25) is 5.02 Å². The maximum absolute atomic E-state index is 13.3. The van der Waals surface area contributed by atoms with Crippen LogP contribution < -0.4 is 5.32 Å². The molecule has 4 rings (SSSR count). The van der Waals surface area contributed by atoms with Crippen molar-refractivity contribution in [3.05, 3.63) is 91.1 Å². The molecule has 0 bridgehead atoms. The van der Waals surface area contributed by atoms with Crippen LogP contribution in [0.1, 0.15) is 60.1 Å². The zero-order chi connectivity index (χ0) is 22.0. The van der Waals surface area contributed by atoms with E-state index < -0.39 is 5.97 Å². The van der Waals surface area contributed by atoms with Gasteiger partial charge in [-0.15, -0.1) is 11.3 Å². The number of aromatic carboxylic acids is 1. The molecule has 1 amide bonds. The second-order valence-electron chi connectivity index (χ2n) is 7.53. The van der Waals surface area contributed by atoms with E-state index in [-0.39, 0.29) is 17.5 Å². The molecule has 31 heavy (non-hydrogen) atoms. The van der Waals surface area contributed by atoms with E-state index in [0.717, 1.165) is 32.0 Å². The smallest absolute Gasteiger partial charge is 0.335 e. The van der Waals surface area contributed by atoms with Crippen LogP contribution >= 0.6 is 22.9 Å². The lowest BCUT2D eigenvalue weighted by Gasteiger charge is -2.17. The van der Waals surface area contributed by atoms with Gasteiger partial charge in [-0.25, -0.2) is 4.79 Å². The summed E-state index contributed by atoms with van der Waals surface area (Å²) in [4.78, 5) is 26.5. The van der Waals surface area contributed by atoms with Gasteiger partial charge in [0.2, 0.25) is 0 Å². The standard InChI is InChI=1S/C24H22ClNO4S/c1-14(16-5-7-17(8-6-16)24(28)29)26-23(27)22-19-9-10-30-13-21(19)31-20(22)12-15-3-2-4-18(25)11-15/h2-8,11,14H,9-10,12-13H2,1H3,(H,26,27)(H,28,29)/t14-/m0/s1. The summed E-state index contributed by atoms with van der Waals surface area (Å²) in [5.41, 5.74) is 3.93. The summed E-state index contributed by atoms with van der Waals surface area (Å²) in [7, 11) is 0. The van der Waals surface area contributed by atoms with Crippen molar-refractivity contribution in [2.45, 2.75) is 32.4 Å². The first-order chi connectivity index (χ1) is 14.9. The number of ether oxygens (including phenoxy) is 1. The highest BCUT2D eigenvalue weighted by Gasteiger charge is 2.26. The molecule has 0 saturated carbocycles. The summed E-state index contributed by atoms with van der Waals surface area (Å²) >= 11 is 7.77. The number of rotatable bonds is 6. The number of carboxylic acids is 1. The number of carboxylic acid groups (broad SMARTS) is 1. The van der Waals surface area contributed by atoms with Gasteiger partial charge in [0.05, 0.1) is 30.4 Å². The Morgan fingerprint density at radius 1 is 1.23 bits per heavy atom. The van der Waals surface area contributed by atoms with Gasteiger partial charge in [-0.3, -0.25) is 4.79 Å². The molecule has 3 aromatic rings. The van der Waals surface area contributed by atoms with Crippen LogP contribution in [0.3, 0.4) is 0 Å². The Labute approximate surface area is 189 Å². The molecule has 2 N–H and O–H groups in total. The molecule has 160 valence electrons. The van der Waals surface area contributed by atoms with E-state index >= 15 is 0 Å². The second-order valence-corrected chi connectivity index (χ2v) is 9.16. The fourth-order valence-electron chi connectivity index (χ4n) is 3.78. The predicted molar refractivity (Wildman–Crippen MR) is 121 cm³/mol. The number of fused-ring (bicyclic) bond motifs is 1. The van der Waals surface area contributed by atoms with Gasteiger partial charge in [-0.05, 0) is 54.3 Å². The highest BCUT2D eigenvalue weighted by atomic mass is 35.5. The molecule has 0 unspecified atom stereocenters. The lowest BCUT2D eigenvalue weighted by Crippen LogP contribution is -2.28. The van der Waals surface area contributed by atoms with E-state index in [1.165, 1.54) is 0 Å². The zero-order valence-corrected chi connectivity index (χ0v) is 18.6. The Bertz CT molecular complexity index is 1120. The molecule has 7 heteroatoms. The highest BCUT2D eigenvalue weighted by molar-refractivity contribution is 7.12. The first-order valence-corrected chi connectivity index (χ1v) is 11.2. The molecule has 5 nitrogen and oxygen atoms in total. The number of carbonyl (C=O) groups is 2. The third-order valence-electron chi connectivity index (χ3n) is 5.38. The van der Waals surface area contributed by atoms with E-state index in [4.69, 9.17) is 21.4 Å². The predicted octanol–water partition coefficient (Wildman–Crippen LogP) is 5.25. The molecule has 1 atom stereocenters. The number of halogens is 1. The van der Waals surface area contributed by atoms with Crippen molar-refractivity contribution < 1.29 is 19.4 Å². The van der Waals surface area contributed by atoms with Gasteiger partial charge >= 0.3 is 5.97 Å². The molecule has 2 aromatic carbocycles. The Balaban J connectivity index is 1.60. The zero-order valence-electron chi connectivity index (χ0n) is 17.0. The fraction of sp³-hybridized carbons (Fsp3) is 0.250.